The minimum Gasteiger partial charge on any atom is -0.475 e. The van der Waals surface area contributed by atoms with E-state index >= 15 is 0 Å². The summed E-state index contributed by atoms with van der Waals surface area (Å²) in [6.07, 6.45) is -7.32. The third-order valence-electron chi connectivity index (χ3n) is 6.82. The number of aromatic nitrogens is 1. The van der Waals surface area contributed by atoms with Gasteiger partial charge in [-0.05, 0) is 81.4 Å². The van der Waals surface area contributed by atoms with Crippen LogP contribution in [0.5, 0.6) is 0 Å². The zero-order valence-corrected chi connectivity index (χ0v) is 24.4. The van der Waals surface area contributed by atoms with E-state index in [1.165, 1.54) is 44.5 Å². The molecular weight excluding hydrogens is 649 g/mol. The van der Waals surface area contributed by atoms with Crippen LogP contribution in [-0.4, -0.2) is 93.2 Å². The first kappa shape index (κ1) is 40.2. The summed E-state index contributed by atoms with van der Waals surface area (Å²) in [6, 6.07) is 8.38. The van der Waals surface area contributed by atoms with E-state index in [1.807, 2.05) is 25.4 Å². The first-order valence-corrected chi connectivity index (χ1v) is 13.2. The highest BCUT2D eigenvalue weighted by atomic mass is 19.4. The Balaban J connectivity index is 0.000000413. The average Bonchev–Trinajstić information content (AvgIpc) is 3.39. The highest BCUT2D eigenvalue weighted by molar-refractivity contribution is 5.73. The first-order valence-electron chi connectivity index (χ1n) is 13.2. The quantitative estimate of drug-likeness (QED) is 0.329. The molecule has 1 unspecified atom stereocenters. The molecule has 2 fully saturated rings. The second-order valence-corrected chi connectivity index (χ2v) is 10.5. The molecule has 2 aliphatic rings. The number of carboxylic acid groups (broad SMARTS) is 3. The number of halogens is 9. The number of piperidine rings is 1. The second kappa shape index (κ2) is 16.6. The summed E-state index contributed by atoms with van der Waals surface area (Å²) in [5, 5.41) is 21.4. The fourth-order valence-corrected chi connectivity index (χ4v) is 4.49. The van der Waals surface area contributed by atoms with E-state index in [4.69, 9.17) is 34.1 Å². The van der Waals surface area contributed by atoms with Crippen LogP contribution in [0, 0.1) is 18.3 Å². The normalized spacial score (nSPS) is 17.4. The van der Waals surface area contributed by atoms with E-state index in [0.29, 0.717) is 5.41 Å². The number of pyridine rings is 1. The Bertz CT molecular complexity index is 1200. The first-order chi connectivity index (χ1) is 21.0. The minimum atomic E-state index is -5.08. The smallest absolute Gasteiger partial charge is 0.475 e. The number of aliphatic carboxylic acids is 3. The van der Waals surface area contributed by atoms with Gasteiger partial charge in [-0.3, -0.25) is 9.88 Å². The molecule has 1 aliphatic carbocycles. The Morgan fingerprint density at radius 3 is 1.76 bits per heavy atom. The maximum Gasteiger partial charge on any atom is 0.490 e. The van der Waals surface area contributed by atoms with Gasteiger partial charge < -0.3 is 24.6 Å². The van der Waals surface area contributed by atoms with E-state index in [0.717, 1.165) is 30.5 Å². The molecule has 3 N–H and O–H groups in total. The second-order valence-electron chi connectivity index (χ2n) is 10.5. The van der Waals surface area contributed by atoms with Crippen LogP contribution in [0.2, 0.25) is 0 Å². The van der Waals surface area contributed by atoms with Crippen molar-refractivity contribution in [1.82, 2.24) is 14.8 Å². The number of carbonyl (C=O) groups is 3. The van der Waals surface area contributed by atoms with Gasteiger partial charge in [-0.25, -0.2) is 14.4 Å². The summed E-state index contributed by atoms with van der Waals surface area (Å²) in [7, 11) is 2.24. The molecule has 1 aliphatic heterocycles. The summed E-state index contributed by atoms with van der Waals surface area (Å²) < 4.78 is 101. The van der Waals surface area contributed by atoms with E-state index < -0.39 is 36.4 Å². The number of aryl methyl sites for hydroxylation is 1. The van der Waals surface area contributed by atoms with Crippen LogP contribution >= 0.6 is 0 Å². The summed E-state index contributed by atoms with van der Waals surface area (Å²) in [6.45, 7) is 7.63. The molecule has 2 aromatic rings. The lowest BCUT2D eigenvalue weighted by molar-refractivity contribution is -0.193. The highest BCUT2D eigenvalue weighted by Gasteiger charge is 2.54. The lowest BCUT2D eigenvalue weighted by atomic mass is 9.90. The molecule has 46 heavy (non-hydrogen) atoms. The molecule has 0 amide bonds. The molecule has 0 radical (unpaired) electrons. The molecule has 1 atom stereocenters. The van der Waals surface area contributed by atoms with Crippen molar-refractivity contribution in [1.29, 1.82) is 0 Å². The molecule has 0 bridgehead atoms. The number of carboxylic acids is 3. The summed E-state index contributed by atoms with van der Waals surface area (Å²) >= 11 is 0. The molecule has 1 saturated heterocycles. The molecule has 0 aromatic carbocycles. The van der Waals surface area contributed by atoms with Gasteiger partial charge in [0.15, 0.2) is 0 Å². The Labute approximate surface area is 256 Å². The van der Waals surface area contributed by atoms with Gasteiger partial charge in [0.25, 0.3) is 0 Å². The largest absolute Gasteiger partial charge is 0.490 e. The fourth-order valence-electron chi connectivity index (χ4n) is 4.49. The van der Waals surface area contributed by atoms with E-state index in [2.05, 4.69) is 40.0 Å². The standard InChI is InChI=1S/C21H29N3O.3C2HF3O2/c1-17-5-6-20(25-17)16-24-10-7-21(8-11-24)12-19(21)15-23(2)14-18-4-3-9-22-13-18;3*3-2(4,5)1(6)7/h3-6,9,13,19H,7-8,10-12,14-16H2,1-2H3;3*(H,6,7). The lowest BCUT2D eigenvalue weighted by Gasteiger charge is -2.33. The van der Waals surface area contributed by atoms with Crippen molar-refractivity contribution >= 4 is 17.9 Å². The van der Waals surface area contributed by atoms with Crippen molar-refractivity contribution in [3.63, 3.8) is 0 Å². The van der Waals surface area contributed by atoms with Gasteiger partial charge in [-0.2, -0.15) is 39.5 Å². The Kier molecular flexibility index (Phi) is 14.5. The summed E-state index contributed by atoms with van der Waals surface area (Å²) in [5.74, 6) is -5.27. The van der Waals surface area contributed by atoms with Gasteiger partial charge in [0.2, 0.25) is 0 Å². The van der Waals surface area contributed by atoms with E-state index in [-0.39, 0.29) is 0 Å². The molecule has 2 aromatic heterocycles. The number of hydrogen-bond acceptors (Lipinski definition) is 7. The van der Waals surface area contributed by atoms with Gasteiger partial charge in [-0.15, -0.1) is 0 Å². The number of rotatable bonds is 6. The van der Waals surface area contributed by atoms with Crippen LogP contribution in [-0.2, 0) is 27.5 Å². The van der Waals surface area contributed by atoms with Gasteiger partial charge in [0, 0.05) is 25.5 Å². The Hall–Kier alpha value is -3.87. The highest BCUT2D eigenvalue weighted by Crippen LogP contribution is 2.59. The van der Waals surface area contributed by atoms with Crippen molar-refractivity contribution in [2.45, 2.75) is 57.8 Å². The maximum absolute atomic E-state index is 10.6. The van der Waals surface area contributed by atoms with Crippen LogP contribution in [0.3, 0.4) is 0 Å². The number of nitrogens with zero attached hydrogens (tertiary/aromatic N) is 3. The van der Waals surface area contributed by atoms with Crippen LogP contribution in [0.4, 0.5) is 39.5 Å². The van der Waals surface area contributed by atoms with Crippen LogP contribution in [0.1, 0.15) is 36.3 Å². The summed E-state index contributed by atoms with van der Waals surface area (Å²) in [4.78, 5) is 35.9. The minimum absolute atomic E-state index is 0.624. The van der Waals surface area contributed by atoms with E-state index in [9.17, 15) is 39.5 Å². The number of furan rings is 1. The molecular formula is C27H32F9N3O7. The van der Waals surface area contributed by atoms with Gasteiger partial charge in [-0.1, -0.05) is 6.07 Å². The predicted molar refractivity (Wildman–Crippen MR) is 140 cm³/mol. The topological polar surface area (TPSA) is 144 Å². The third-order valence-corrected chi connectivity index (χ3v) is 6.82. The van der Waals surface area contributed by atoms with Crippen LogP contribution < -0.4 is 0 Å². The van der Waals surface area contributed by atoms with Crippen molar-refractivity contribution in [2.24, 2.45) is 11.3 Å². The van der Waals surface area contributed by atoms with Crippen LogP contribution in [0.15, 0.2) is 41.1 Å². The van der Waals surface area contributed by atoms with Crippen molar-refractivity contribution in [3.05, 3.63) is 53.7 Å². The van der Waals surface area contributed by atoms with Crippen molar-refractivity contribution in [3.8, 4) is 0 Å². The summed E-state index contributed by atoms with van der Waals surface area (Å²) in [5.41, 5.74) is 1.93. The average molecular weight is 682 g/mol. The maximum atomic E-state index is 10.6. The predicted octanol–water partition coefficient (Wildman–Crippen LogP) is 5.62. The van der Waals surface area contributed by atoms with Gasteiger partial charge in [0.1, 0.15) is 11.5 Å². The van der Waals surface area contributed by atoms with Gasteiger partial charge >= 0.3 is 36.4 Å². The number of likely N-dealkylation sites (tertiary alicyclic amines) is 1. The van der Waals surface area contributed by atoms with Gasteiger partial charge in [0.05, 0.1) is 6.54 Å². The SMILES string of the molecule is Cc1ccc(CN2CCC3(CC2)CC3CN(C)Cc2cccnc2)o1.O=C(O)C(F)(F)F.O=C(O)C(F)(F)F.O=C(O)C(F)(F)F. The Morgan fingerprint density at radius 2 is 1.39 bits per heavy atom. The molecule has 3 heterocycles. The van der Waals surface area contributed by atoms with Crippen molar-refractivity contribution < 1.29 is 73.6 Å². The monoisotopic (exact) mass is 681 g/mol. The van der Waals surface area contributed by atoms with Crippen LogP contribution in [0.25, 0.3) is 0 Å². The molecule has 4 rings (SSSR count). The number of alkyl halides is 9. The Morgan fingerprint density at radius 1 is 0.913 bits per heavy atom. The zero-order chi connectivity index (χ0) is 35.5. The molecule has 19 heteroatoms. The molecule has 1 spiro atoms. The third kappa shape index (κ3) is 14.9. The molecule has 260 valence electrons. The fraction of sp³-hybridized carbons (Fsp3) is 0.556. The van der Waals surface area contributed by atoms with E-state index in [1.54, 1.807) is 0 Å². The van der Waals surface area contributed by atoms with Crippen molar-refractivity contribution in [2.75, 3.05) is 26.7 Å². The lowest BCUT2D eigenvalue weighted by Crippen LogP contribution is -2.35. The zero-order valence-electron chi connectivity index (χ0n) is 24.4. The number of hydrogen-bond donors (Lipinski definition) is 3. The molecule has 1 saturated carbocycles. The molecule has 10 nitrogen and oxygen atoms in total.